The average molecular weight is 416 g/mol. The van der Waals surface area contributed by atoms with Gasteiger partial charge in [-0.25, -0.2) is 9.97 Å². The Balaban J connectivity index is 1.81. The van der Waals surface area contributed by atoms with Crippen molar-refractivity contribution in [3.8, 4) is 5.75 Å². The third-order valence-electron chi connectivity index (χ3n) is 4.96. The largest absolute Gasteiger partial charge is 0.508 e. The maximum absolute atomic E-state index is 13.0. The molecule has 4 N–H and O–H groups in total. The fraction of sp³-hybridized carbons (Fsp3) is 0.217. The fourth-order valence-corrected chi connectivity index (χ4v) is 3.38. The summed E-state index contributed by atoms with van der Waals surface area (Å²) in [6.07, 6.45) is 4.55. The second kappa shape index (κ2) is 8.83. The summed E-state index contributed by atoms with van der Waals surface area (Å²) in [6, 6.07) is 14.1. The number of phenols is 1. The van der Waals surface area contributed by atoms with E-state index < -0.39 is 0 Å². The van der Waals surface area contributed by atoms with Gasteiger partial charge in [0, 0.05) is 6.54 Å². The number of para-hydroxylation sites is 2. The topological polar surface area (TPSA) is 118 Å². The number of rotatable bonds is 7. The molecule has 0 unspecified atom stereocenters. The lowest BCUT2D eigenvalue weighted by atomic mass is 10.2. The summed E-state index contributed by atoms with van der Waals surface area (Å²) in [7, 11) is 0. The van der Waals surface area contributed by atoms with Gasteiger partial charge in [-0.1, -0.05) is 44.0 Å². The Morgan fingerprint density at radius 1 is 1.16 bits per heavy atom. The molecule has 4 aromatic rings. The van der Waals surface area contributed by atoms with Crippen LogP contribution in [-0.2, 0) is 0 Å². The van der Waals surface area contributed by atoms with E-state index in [9.17, 15) is 9.90 Å². The molecule has 0 radical (unpaired) electrons. The van der Waals surface area contributed by atoms with Crippen molar-refractivity contribution in [3.63, 3.8) is 0 Å². The number of hydrogen-bond acceptors (Lipinski definition) is 6. The van der Waals surface area contributed by atoms with Crippen molar-refractivity contribution >= 4 is 40.1 Å². The van der Waals surface area contributed by atoms with Crippen LogP contribution in [0.1, 0.15) is 42.1 Å². The Bertz CT molecular complexity index is 1280. The minimum atomic E-state index is -0.297. The number of nitrogens with one attached hydrogen (secondary N) is 1. The minimum absolute atomic E-state index is 0.132. The minimum Gasteiger partial charge on any atom is -0.508 e. The van der Waals surface area contributed by atoms with Gasteiger partial charge in [0.2, 0.25) is 0 Å². The van der Waals surface area contributed by atoms with Crippen LogP contribution in [0.2, 0.25) is 0 Å². The SMILES string of the molecule is CCCCCNC(=O)c1c(N)n(/N=C/c2cccc(O)c2)c2nc3ccccc3nc12. The van der Waals surface area contributed by atoms with Gasteiger partial charge in [-0.05, 0) is 36.2 Å². The number of carbonyl (C=O) groups is 1. The maximum Gasteiger partial charge on any atom is 0.257 e. The van der Waals surface area contributed by atoms with E-state index in [1.54, 1.807) is 30.5 Å². The highest BCUT2D eigenvalue weighted by atomic mass is 16.3. The number of aromatic nitrogens is 3. The molecule has 0 bridgehead atoms. The third kappa shape index (κ3) is 4.18. The van der Waals surface area contributed by atoms with Crippen molar-refractivity contribution in [2.24, 2.45) is 5.10 Å². The first-order valence-electron chi connectivity index (χ1n) is 10.3. The second-order valence-electron chi connectivity index (χ2n) is 7.26. The molecule has 8 nitrogen and oxygen atoms in total. The lowest BCUT2D eigenvalue weighted by Gasteiger charge is -2.05. The molecule has 158 valence electrons. The van der Waals surface area contributed by atoms with E-state index >= 15 is 0 Å². The number of nitrogens with zero attached hydrogens (tertiary/aromatic N) is 4. The number of nitrogen functional groups attached to an aromatic ring is 1. The summed E-state index contributed by atoms with van der Waals surface area (Å²) < 4.78 is 1.42. The number of benzene rings is 2. The van der Waals surface area contributed by atoms with Crippen LogP contribution < -0.4 is 11.1 Å². The number of aromatic hydroxyl groups is 1. The van der Waals surface area contributed by atoms with Gasteiger partial charge in [0.15, 0.2) is 5.65 Å². The first kappa shape index (κ1) is 20.3. The summed E-state index contributed by atoms with van der Waals surface area (Å²) in [6.45, 7) is 2.67. The number of phenolic OH excluding ortho intramolecular Hbond substituents is 1. The monoisotopic (exact) mass is 416 g/mol. The van der Waals surface area contributed by atoms with E-state index in [4.69, 9.17) is 5.73 Å². The maximum atomic E-state index is 13.0. The zero-order valence-electron chi connectivity index (χ0n) is 17.2. The Hall–Kier alpha value is -3.94. The van der Waals surface area contributed by atoms with E-state index in [0.717, 1.165) is 19.3 Å². The molecule has 4 rings (SSSR count). The van der Waals surface area contributed by atoms with Crippen molar-refractivity contribution in [1.29, 1.82) is 0 Å². The zero-order valence-corrected chi connectivity index (χ0v) is 17.2. The molecule has 0 saturated carbocycles. The fourth-order valence-electron chi connectivity index (χ4n) is 3.38. The van der Waals surface area contributed by atoms with E-state index in [0.29, 0.717) is 34.3 Å². The van der Waals surface area contributed by atoms with Crippen molar-refractivity contribution in [1.82, 2.24) is 20.0 Å². The highest BCUT2D eigenvalue weighted by Crippen LogP contribution is 2.27. The molecule has 0 spiro atoms. The molecule has 31 heavy (non-hydrogen) atoms. The number of anilines is 1. The lowest BCUT2D eigenvalue weighted by molar-refractivity contribution is 0.0955. The van der Waals surface area contributed by atoms with Crippen LogP contribution in [0, 0.1) is 0 Å². The Morgan fingerprint density at radius 2 is 1.94 bits per heavy atom. The number of amides is 1. The molecule has 0 aliphatic heterocycles. The molecule has 2 aromatic heterocycles. The van der Waals surface area contributed by atoms with Crippen molar-refractivity contribution in [2.45, 2.75) is 26.2 Å². The van der Waals surface area contributed by atoms with Crippen LogP contribution in [-0.4, -0.2) is 38.4 Å². The van der Waals surface area contributed by atoms with Crippen molar-refractivity contribution in [3.05, 3.63) is 59.7 Å². The molecule has 0 saturated heterocycles. The smallest absolute Gasteiger partial charge is 0.257 e. The van der Waals surface area contributed by atoms with Gasteiger partial charge in [0.25, 0.3) is 5.91 Å². The number of nitrogens with two attached hydrogens (primary N) is 1. The first-order chi connectivity index (χ1) is 15.1. The molecule has 0 aliphatic rings. The van der Waals surface area contributed by atoms with Crippen molar-refractivity contribution < 1.29 is 9.90 Å². The van der Waals surface area contributed by atoms with Crippen LogP contribution in [0.5, 0.6) is 5.75 Å². The third-order valence-corrected chi connectivity index (χ3v) is 4.96. The Morgan fingerprint density at radius 3 is 2.68 bits per heavy atom. The molecular formula is C23H24N6O2. The van der Waals surface area contributed by atoms with Gasteiger partial charge in [-0.2, -0.15) is 9.78 Å². The summed E-state index contributed by atoms with van der Waals surface area (Å²) in [5.74, 6) is -0.00333. The number of unbranched alkanes of at least 4 members (excludes halogenated alkanes) is 2. The molecule has 0 fully saturated rings. The summed E-state index contributed by atoms with van der Waals surface area (Å²) in [5, 5.41) is 17.0. The van der Waals surface area contributed by atoms with Gasteiger partial charge in [0.05, 0.1) is 17.2 Å². The molecule has 1 amide bonds. The molecule has 0 aliphatic carbocycles. The Kier molecular flexibility index (Phi) is 5.79. The summed E-state index contributed by atoms with van der Waals surface area (Å²) >= 11 is 0. The summed E-state index contributed by atoms with van der Waals surface area (Å²) in [4.78, 5) is 22.3. The van der Waals surface area contributed by atoms with Gasteiger partial charge < -0.3 is 16.2 Å². The standard InChI is InChI=1S/C23H24N6O2/c1-2-3-6-12-25-23(31)19-20-22(28-18-11-5-4-10-17(18)27-20)29(21(19)24)26-14-15-8-7-9-16(30)13-15/h4-5,7-11,13-14,30H,2-3,6,12,24H2,1H3,(H,25,31)/b26-14+. The normalized spacial score (nSPS) is 11.5. The van der Waals surface area contributed by atoms with Gasteiger partial charge in [-0.3, -0.25) is 4.79 Å². The Labute approximate surface area is 179 Å². The van der Waals surface area contributed by atoms with E-state index in [1.165, 1.54) is 4.68 Å². The molecule has 8 heteroatoms. The van der Waals surface area contributed by atoms with E-state index in [1.807, 2.05) is 24.3 Å². The molecule has 2 heterocycles. The van der Waals surface area contributed by atoms with Crippen LogP contribution in [0.25, 0.3) is 22.2 Å². The predicted molar refractivity (Wildman–Crippen MR) is 122 cm³/mol. The average Bonchev–Trinajstić information content (AvgIpc) is 3.04. The van der Waals surface area contributed by atoms with E-state index in [-0.39, 0.29) is 23.0 Å². The molecule has 0 atom stereocenters. The number of fused-ring (bicyclic) bond motifs is 2. The van der Waals surface area contributed by atoms with Gasteiger partial charge >= 0.3 is 0 Å². The molecular weight excluding hydrogens is 392 g/mol. The number of hydrogen-bond donors (Lipinski definition) is 3. The van der Waals surface area contributed by atoms with Crippen molar-refractivity contribution in [2.75, 3.05) is 12.3 Å². The van der Waals surface area contributed by atoms with Gasteiger partial charge in [-0.15, -0.1) is 0 Å². The summed E-state index contributed by atoms with van der Waals surface area (Å²) in [5.41, 5.74) is 9.45. The second-order valence-corrected chi connectivity index (χ2v) is 7.26. The van der Waals surface area contributed by atoms with Crippen LogP contribution in [0.3, 0.4) is 0 Å². The first-order valence-corrected chi connectivity index (χ1v) is 10.3. The van der Waals surface area contributed by atoms with Crippen LogP contribution >= 0.6 is 0 Å². The quantitative estimate of drug-likeness (QED) is 0.314. The van der Waals surface area contributed by atoms with E-state index in [2.05, 4.69) is 27.3 Å². The zero-order chi connectivity index (χ0) is 21.8. The van der Waals surface area contributed by atoms with Crippen LogP contribution in [0.15, 0.2) is 53.6 Å². The predicted octanol–water partition coefficient (Wildman–Crippen LogP) is 3.67. The lowest BCUT2D eigenvalue weighted by Crippen LogP contribution is -2.25. The highest BCUT2D eigenvalue weighted by molar-refractivity contribution is 6.10. The molecule has 2 aromatic carbocycles. The van der Waals surface area contributed by atoms with Gasteiger partial charge in [0.1, 0.15) is 22.6 Å². The van der Waals surface area contributed by atoms with Crippen LogP contribution in [0.4, 0.5) is 5.82 Å². The highest BCUT2D eigenvalue weighted by Gasteiger charge is 2.23. The number of carbonyl (C=O) groups excluding carboxylic acids is 1.